The van der Waals surface area contributed by atoms with Crippen LogP contribution in [0.3, 0.4) is 0 Å². The number of unbranched alkanes of at least 4 members (excludes halogenated alkanes) is 3. The van der Waals surface area contributed by atoms with E-state index in [-0.39, 0.29) is 12.2 Å². The summed E-state index contributed by atoms with van der Waals surface area (Å²) in [5.74, 6) is -16.9. The van der Waals surface area contributed by atoms with E-state index in [9.17, 15) is 31.1 Å². The fraction of sp³-hybridized carbons (Fsp3) is 0.519. The third-order valence-electron chi connectivity index (χ3n) is 5.55. The molecule has 0 N–H and O–H groups in total. The SMILES string of the molecule is CCCCCOc1ccc(-c2ccc(C(=O)OCC(F)(F)C(F)(F)C(F)(F)COCCCC)cc2)cc1. The maximum atomic E-state index is 14.0. The zero-order valence-corrected chi connectivity index (χ0v) is 20.9. The van der Waals surface area contributed by atoms with Gasteiger partial charge in [0.25, 0.3) is 0 Å². The van der Waals surface area contributed by atoms with Gasteiger partial charge in [0.1, 0.15) is 12.4 Å². The molecular weight excluding hydrogens is 502 g/mol. The van der Waals surface area contributed by atoms with Crippen LogP contribution in [-0.4, -0.2) is 50.2 Å². The number of ether oxygens (including phenoxy) is 3. The van der Waals surface area contributed by atoms with Gasteiger partial charge in [-0.15, -0.1) is 0 Å². The molecule has 0 aliphatic carbocycles. The van der Waals surface area contributed by atoms with Crippen LogP contribution in [0.5, 0.6) is 5.75 Å². The summed E-state index contributed by atoms with van der Waals surface area (Å²) >= 11 is 0. The van der Waals surface area contributed by atoms with Gasteiger partial charge in [-0.2, -0.15) is 26.3 Å². The second kappa shape index (κ2) is 13.7. The standard InChI is InChI=1S/C27H32F6O4/c1-3-5-7-17-36-23-14-12-21(13-15-23)20-8-10-22(11-9-20)24(34)37-19-26(30,31)27(32,33)25(28,29)18-35-16-6-4-2/h8-15H,3-7,16-19H2,1-2H3. The first kappa shape index (κ1) is 30.5. The Bertz CT molecular complexity index is 962. The summed E-state index contributed by atoms with van der Waals surface area (Å²) in [6.45, 7) is 0.0631. The van der Waals surface area contributed by atoms with Crippen LogP contribution < -0.4 is 4.74 Å². The summed E-state index contributed by atoms with van der Waals surface area (Å²) in [5.41, 5.74) is 1.28. The van der Waals surface area contributed by atoms with Crippen LogP contribution in [0.15, 0.2) is 48.5 Å². The Morgan fingerprint density at radius 1 is 0.703 bits per heavy atom. The molecule has 0 aliphatic rings. The Balaban J connectivity index is 1.95. The molecule has 0 atom stereocenters. The quantitative estimate of drug-likeness (QED) is 0.125. The lowest BCUT2D eigenvalue weighted by molar-refractivity contribution is -0.325. The number of esters is 1. The summed E-state index contributed by atoms with van der Waals surface area (Å²) in [7, 11) is 0. The van der Waals surface area contributed by atoms with Crippen molar-refractivity contribution in [3.05, 3.63) is 54.1 Å². The van der Waals surface area contributed by atoms with Crippen LogP contribution in [0.1, 0.15) is 56.3 Å². The minimum atomic E-state index is -5.79. The molecule has 2 rings (SSSR count). The van der Waals surface area contributed by atoms with E-state index < -0.39 is 37.0 Å². The van der Waals surface area contributed by atoms with E-state index >= 15 is 0 Å². The van der Waals surface area contributed by atoms with Crippen molar-refractivity contribution < 1.29 is 45.3 Å². The molecule has 0 aromatic heterocycles. The predicted molar refractivity (Wildman–Crippen MR) is 128 cm³/mol. The zero-order valence-electron chi connectivity index (χ0n) is 20.9. The summed E-state index contributed by atoms with van der Waals surface area (Å²) in [6.07, 6.45) is 3.98. The summed E-state index contributed by atoms with van der Waals surface area (Å²) in [6, 6.07) is 12.7. The second-order valence-electron chi connectivity index (χ2n) is 8.62. The second-order valence-corrected chi connectivity index (χ2v) is 8.62. The molecular formula is C27H32F6O4. The largest absolute Gasteiger partial charge is 0.494 e. The van der Waals surface area contributed by atoms with Crippen molar-refractivity contribution in [1.82, 2.24) is 0 Å². The van der Waals surface area contributed by atoms with Gasteiger partial charge in [-0.05, 0) is 48.2 Å². The molecule has 0 saturated carbocycles. The molecule has 0 radical (unpaired) electrons. The molecule has 0 heterocycles. The number of halogens is 6. The van der Waals surface area contributed by atoms with Gasteiger partial charge in [0.05, 0.1) is 12.2 Å². The molecule has 0 aliphatic heterocycles. The minimum absolute atomic E-state index is 0.201. The van der Waals surface area contributed by atoms with E-state index in [4.69, 9.17) is 4.74 Å². The molecule has 10 heteroatoms. The lowest BCUT2D eigenvalue weighted by Crippen LogP contribution is -2.58. The maximum absolute atomic E-state index is 14.0. The Morgan fingerprint density at radius 3 is 1.81 bits per heavy atom. The van der Waals surface area contributed by atoms with Crippen LogP contribution >= 0.6 is 0 Å². The van der Waals surface area contributed by atoms with Crippen molar-refractivity contribution >= 4 is 5.97 Å². The molecule has 0 bridgehead atoms. The molecule has 0 fully saturated rings. The number of benzene rings is 2. The molecule has 0 spiro atoms. The Labute approximate surface area is 212 Å². The number of hydrogen-bond donors (Lipinski definition) is 0. The van der Waals surface area contributed by atoms with Gasteiger partial charge < -0.3 is 14.2 Å². The Morgan fingerprint density at radius 2 is 1.24 bits per heavy atom. The summed E-state index contributed by atoms with van der Waals surface area (Å²) in [5, 5.41) is 0. The number of carbonyl (C=O) groups excluding carboxylic acids is 1. The van der Waals surface area contributed by atoms with E-state index in [0.717, 1.165) is 24.8 Å². The van der Waals surface area contributed by atoms with E-state index in [1.165, 1.54) is 24.3 Å². The monoisotopic (exact) mass is 534 g/mol. The third kappa shape index (κ3) is 8.38. The van der Waals surface area contributed by atoms with Crippen molar-refractivity contribution in [2.75, 3.05) is 26.4 Å². The average Bonchev–Trinajstić information content (AvgIpc) is 2.88. The van der Waals surface area contributed by atoms with Gasteiger partial charge in [0.15, 0.2) is 6.61 Å². The van der Waals surface area contributed by atoms with Gasteiger partial charge >= 0.3 is 23.7 Å². The Kier molecular flexibility index (Phi) is 11.3. The predicted octanol–water partition coefficient (Wildman–Crippen LogP) is 7.80. The number of hydrogen-bond acceptors (Lipinski definition) is 4. The van der Waals surface area contributed by atoms with E-state index in [1.54, 1.807) is 31.2 Å². The highest BCUT2D eigenvalue weighted by Crippen LogP contribution is 2.46. The Hall–Kier alpha value is -2.75. The summed E-state index contributed by atoms with van der Waals surface area (Å²) < 4.78 is 97.8. The molecule has 0 amide bonds. The first-order valence-electron chi connectivity index (χ1n) is 12.2. The van der Waals surface area contributed by atoms with Crippen molar-refractivity contribution in [3.8, 4) is 16.9 Å². The van der Waals surface area contributed by atoms with Crippen LogP contribution in [-0.2, 0) is 9.47 Å². The first-order valence-corrected chi connectivity index (χ1v) is 12.2. The van der Waals surface area contributed by atoms with Crippen LogP contribution in [0.2, 0.25) is 0 Å². The van der Waals surface area contributed by atoms with Crippen LogP contribution in [0, 0.1) is 0 Å². The lowest BCUT2D eigenvalue weighted by atomic mass is 10.0. The van der Waals surface area contributed by atoms with E-state index in [1.807, 2.05) is 0 Å². The maximum Gasteiger partial charge on any atom is 0.377 e. The molecule has 37 heavy (non-hydrogen) atoms. The topological polar surface area (TPSA) is 44.8 Å². The molecule has 206 valence electrons. The normalized spacial score (nSPS) is 12.4. The molecule has 2 aromatic carbocycles. The zero-order chi connectivity index (χ0) is 27.5. The summed E-state index contributed by atoms with van der Waals surface area (Å²) in [4.78, 5) is 12.1. The molecule has 0 unspecified atom stereocenters. The number of rotatable bonds is 16. The highest BCUT2D eigenvalue weighted by molar-refractivity contribution is 5.90. The van der Waals surface area contributed by atoms with E-state index in [0.29, 0.717) is 30.8 Å². The smallest absolute Gasteiger partial charge is 0.377 e. The van der Waals surface area contributed by atoms with Gasteiger partial charge in [0, 0.05) is 6.61 Å². The highest BCUT2D eigenvalue weighted by atomic mass is 19.3. The van der Waals surface area contributed by atoms with Crippen molar-refractivity contribution in [3.63, 3.8) is 0 Å². The fourth-order valence-corrected chi connectivity index (χ4v) is 3.22. The van der Waals surface area contributed by atoms with Crippen molar-refractivity contribution in [2.24, 2.45) is 0 Å². The lowest BCUT2D eigenvalue weighted by Gasteiger charge is -2.32. The van der Waals surface area contributed by atoms with Gasteiger partial charge in [-0.3, -0.25) is 0 Å². The molecule has 4 nitrogen and oxygen atoms in total. The highest BCUT2D eigenvalue weighted by Gasteiger charge is 2.72. The van der Waals surface area contributed by atoms with Crippen molar-refractivity contribution in [1.29, 1.82) is 0 Å². The first-order chi connectivity index (χ1) is 17.4. The van der Waals surface area contributed by atoms with Gasteiger partial charge in [0.2, 0.25) is 0 Å². The number of alkyl halides is 6. The van der Waals surface area contributed by atoms with Crippen LogP contribution in [0.4, 0.5) is 26.3 Å². The minimum Gasteiger partial charge on any atom is -0.494 e. The fourth-order valence-electron chi connectivity index (χ4n) is 3.22. The molecule has 2 aromatic rings. The van der Waals surface area contributed by atoms with Crippen LogP contribution in [0.25, 0.3) is 11.1 Å². The average molecular weight is 535 g/mol. The van der Waals surface area contributed by atoms with Gasteiger partial charge in [-0.25, -0.2) is 4.79 Å². The van der Waals surface area contributed by atoms with E-state index in [2.05, 4.69) is 16.4 Å². The number of carbonyl (C=O) groups is 1. The van der Waals surface area contributed by atoms with Crippen molar-refractivity contribution in [2.45, 2.75) is 63.7 Å². The molecule has 0 saturated heterocycles. The van der Waals surface area contributed by atoms with Gasteiger partial charge in [-0.1, -0.05) is 57.4 Å². The third-order valence-corrected chi connectivity index (χ3v) is 5.55.